The molecule has 0 fully saturated rings. The van der Waals surface area contributed by atoms with Gasteiger partial charge in [0, 0.05) is 12.6 Å². The Morgan fingerprint density at radius 2 is 2.27 bits per heavy atom. The van der Waals surface area contributed by atoms with E-state index in [1.807, 2.05) is 0 Å². The smallest absolute Gasteiger partial charge is 0.317 e. The molecule has 1 aliphatic heterocycles. The molecule has 82 valence electrons. The number of aromatic amines is 1. The number of amides is 2. The van der Waals surface area contributed by atoms with Gasteiger partial charge >= 0.3 is 6.03 Å². The van der Waals surface area contributed by atoms with E-state index in [0.717, 1.165) is 11.4 Å². The molecular weight excluding hydrogens is 192 g/mol. The van der Waals surface area contributed by atoms with Gasteiger partial charge in [0.15, 0.2) is 0 Å². The molecule has 1 aliphatic rings. The summed E-state index contributed by atoms with van der Waals surface area (Å²) in [4.78, 5) is 13.2. The second kappa shape index (κ2) is 3.56. The van der Waals surface area contributed by atoms with Crippen molar-refractivity contribution in [1.82, 2.24) is 20.4 Å². The maximum atomic E-state index is 11.4. The third-order valence-corrected chi connectivity index (χ3v) is 2.73. The molecule has 2 amide bonds. The molecule has 0 saturated heterocycles. The normalized spacial score (nSPS) is 14.5. The summed E-state index contributed by atoms with van der Waals surface area (Å²) in [6, 6.07) is -0.0330. The molecule has 0 aliphatic carbocycles. The highest BCUT2D eigenvalue weighted by molar-refractivity contribution is 5.74. The van der Waals surface area contributed by atoms with Crippen LogP contribution in [0.1, 0.15) is 36.7 Å². The number of rotatable bonds is 1. The fourth-order valence-corrected chi connectivity index (χ4v) is 1.94. The highest BCUT2D eigenvalue weighted by Gasteiger charge is 2.28. The zero-order valence-electron chi connectivity index (χ0n) is 9.29. The zero-order valence-corrected chi connectivity index (χ0v) is 9.29. The number of fused-ring (bicyclic) bond motifs is 1. The summed E-state index contributed by atoms with van der Waals surface area (Å²) in [7, 11) is 1.65. The zero-order chi connectivity index (χ0) is 11.0. The van der Waals surface area contributed by atoms with Crippen LogP contribution in [0.4, 0.5) is 4.79 Å². The molecule has 0 saturated carbocycles. The Hall–Kier alpha value is -1.52. The van der Waals surface area contributed by atoms with Gasteiger partial charge in [-0.25, -0.2) is 4.79 Å². The maximum absolute atomic E-state index is 11.4. The summed E-state index contributed by atoms with van der Waals surface area (Å²) in [5.41, 5.74) is 3.34. The van der Waals surface area contributed by atoms with Gasteiger partial charge in [0.1, 0.15) is 0 Å². The van der Waals surface area contributed by atoms with Crippen LogP contribution in [-0.2, 0) is 13.1 Å². The molecule has 0 radical (unpaired) electrons. The lowest BCUT2D eigenvalue weighted by Crippen LogP contribution is -2.34. The molecule has 2 N–H and O–H groups in total. The van der Waals surface area contributed by atoms with Crippen molar-refractivity contribution in [3.8, 4) is 0 Å². The standard InChI is InChI=1S/C10H16N4O/c1-6(2)9-7-4-14(10(15)11-3)5-8(7)12-13-9/h6H,4-5H2,1-3H3,(H,11,15)(H,12,13). The van der Waals surface area contributed by atoms with Crippen molar-refractivity contribution in [2.24, 2.45) is 0 Å². The first kappa shape index (κ1) is 10.0. The van der Waals surface area contributed by atoms with E-state index < -0.39 is 0 Å². The minimum atomic E-state index is -0.0330. The first-order valence-electron chi connectivity index (χ1n) is 5.16. The van der Waals surface area contributed by atoms with Crippen LogP contribution in [0, 0.1) is 0 Å². The van der Waals surface area contributed by atoms with Crippen molar-refractivity contribution >= 4 is 6.03 Å². The van der Waals surface area contributed by atoms with Crippen molar-refractivity contribution in [3.05, 3.63) is 17.0 Å². The molecule has 5 nitrogen and oxygen atoms in total. The molecule has 0 spiro atoms. The lowest BCUT2D eigenvalue weighted by Gasteiger charge is -2.14. The molecule has 1 aromatic heterocycles. The monoisotopic (exact) mass is 208 g/mol. The summed E-state index contributed by atoms with van der Waals surface area (Å²) in [5.74, 6) is 0.398. The second-order valence-corrected chi connectivity index (χ2v) is 4.13. The molecule has 5 heteroatoms. The molecule has 0 atom stereocenters. The van der Waals surface area contributed by atoms with Gasteiger partial charge in [0.05, 0.1) is 24.5 Å². The van der Waals surface area contributed by atoms with E-state index in [9.17, 15) is 4.79 Å². The number of carbonyl (C=O) groups is 1. The number of nitrogens with one attached hydrogen (secondary N) is 2. The summed E-state index contributed by atoms with van der Waals surface area (Å²) in [6.45, 7) is 5.52. The minimum Gasteiger partial charge on any atom is -0.341 e. The van der Waals surface area contributed by atoms with Crippen molar-refractivity contribution in [2.75, 3.05) is 7.05 Å². The average Bonchev–Trinajstić information content (AvgIpc) is 2.73. The summed E-state index contributed by atoms with van der Waals surface area (Å²) < 4.78 is 0. The molecule has 0 bridgehead atoms. The Morgan fingerprint density at radius 1 is 1.53 bits per heavy atom. The quantitative estimate of drug-likeness (QED) is 0.728. The molecule has 15 heavy (non-hydrogen) atoms. The average molecular weight is 208 g/mol. The van der Waals surface area contributed by atoms with E-state index in [-0.39, 0.29) is 6.03 Å². The van der Waals surface area contributed by atoms with E-state index in [0.29, 0.717) is 19.0 Å². The van der Waals surface area contributed by atoms with Gasteiger partial charge in [-0.1, -0.05) is 13.8 Å². The summed E-state index contributed by atoms with van der Waals surface area (Å²) in [6.07, 6.45) is 0. The first-order chi connectivity index (χ1) is 7.13. The Labute approximate surface area is 88.8 Å². The van der Waals surface area contributed by atoms with Gasteiger partial charge in [-0.2, -0.15) is 5.10 Å². The van der Waals surface area contributed by atoms with Crippen LogP contribution in [0.5, 0.6) is 0 Å². The molecule has 2 rings (SSSR count). The van der Waals surface area contributed by atoms with E-state index in [1.165, 1.54) is 5.56 Å². The van der Waals surface area contributed by atoms with Crippen LogP contribution in [0.2, 0.25) is 0 Å². The van der Waals surface area contributed by atoms with Crippen molar-refractivity contribution in [2.45, 2.75) is 32.9 Å². The molecular formula is C10H16N4O. The highest BCUT2D eigenvalue weighted by atomic mass is 16.2. The Kier molecular flexibility index (Phi) is 2.38. The summed E-state index contributed by atoms with van der Waals surface area (Å²) in [5, 5.41) is 9.91. The van der Waals surface area contributed by atoms with Gasteiger partial charge in [-0.15, -0.1) is 0 Å². The number of hydrogen-bond acceptors (Lipinski definition) is 2. The molecule has 1 aromatic rings. The molecule has 2 heterocycles. The molecule has 0 unspecified atom stereocenters. The van der Waals surface area contributed by atoms with Gasteiger partial charge in [0.2, 0.25) is 0 Å². The maximum Gasteiger partial charge on any atom is 0.317 e. The van der Waals surface area contributed by atoms with Gasteiger partial charge < -0.3 is 10.2 Å². The van der Waals surface area contributed by atoms with E-state index in [1.54, 1.807) is 11.9 Å². The number of carbonyl (C=O) groups excluding carboxylic acids is 1. The van der Waals surface area contributed by atoms with Crippen molar-refractivity contribution in [1.29, 1.82) is 0 Å². The van der Waals surface area contributed by atoms with E-state index >= 15 is 0 Å². The van der Waals surface area contributed by atoms with Crippen molar-refractivity contribution in [3.63, 3.8) is 0 Å². The molecule has 0 aromatic carbocycles. The largest absolute Gasteiger partial charge is 0.341 e. The van der Waals surface area contributed by atoms with E-state index in [4.69, 9.17) is 0 Å². The van der Waals surface area contributed by atoms with Crippen LogP contribution in [0.15, 0.2) is 0 Å². The van der Waals surface area contributed by atoms with Gasteiger partial charge in [-0.3, -0.25) is 5.10 Å². The third-order valence-electron chi connectivity index (χ3n) is 2.73. The topological polar surface area (TPSA) is 61.0 Å². The number of urea groups is 1. The fourth-order valence-electron chi connectivity index (χ4n) is 1.94. The Bertz CT molecular complexity index is 383. The van der Waals surface area contributed by atoms with Gasteiger partial charge in [-0.05, 0) is 5.92 Å². The number of nitrogens with zero attached hydrogens (tertiary/aromatic N) is 2. The van der Waals surface area contributed by atoms with E-state index in [2.05, 4.69) is 29.4 Å². The van der Waals surface area contributed by atoms with Crippen LogP contribution < -0.4 is 5.32 Å². The highest BCUT2D eigenvalue weighted by Crippen LogP contribution is 2.27. The third kappa shape index (κ3) is 1.58. The van der Waals surface area contributed by atoms with Crippen LogP contribution in [0.3, 0.4) is 0 Å². The minimum absolute atomic E-state index is 0.0330. The fraction of sp³-hybridized carbons (Fsp3) is 0.600. The van der Waals surface area contributed by atoms with Crippen LogP contribution in [0.25, 0.3) is 0 Å². The SMILES string of the molecule is CNC(=O)N1Cc2[nH]nc(C(C)C)c2C1. The predicted molar refractivity (Wildman–Crippen MR) is 56.4 cm³/mol. The lowest BCUT2D eigenvalue weighted by molar-refractivity contribution is 0.200. The van der Waals surface area contributed by atoms with Gasteiger partial charge in [0.25, 0.3) is 0 Å². The Balaban J connectivity index is 2.21. The summed E-state index contributed by atoms with van der Waals surface area (Å²) >= 11 is 0. The lowest BCUT2D eigenvalue weighted by atomic mass is 10.1. The van der Waals surface area contributed by atoms with Crippen LogP contribution in [-0.4, -0.2) is 28.2 Å². The first-order valence-corrected chi connectivity index (χ1v) is 5.16. The number of hydrogen-bond donors (Lipinski definition) is 2. The second-order valence-electron chi connectivity index (χ2n) is 4.13. The van der Waals surface area contributed by atoms with Crippen LogP contribution >= 0.6 is 0 Å². The van der Waals surface area contributed by atoms with Crippen molar-refractivity contribution < 1.29 is 4.79 Å². The number of H-pyrrole nitrogens is 1. The number of aromatic nitrogens is 2. The predicted octanol–water partition coefficient (Wildman–Crippen LogP) is 1.19. The Morgan fingerprint density at radius 3 is 2.87 bits per heavy atom.